The van der Waals surface area contributed by atoms with Crippen molar-refractivity contribution >= 4 is 23.5 Å². The molecule has 0 spiro atoms. The Morgan fingerprint density at radius 3 is 1.46 bits per heavy atom. The zero-order chi connectivity index (χ0) is 16.8. The normalized spacial score (nSPS) is 21.9. The Hall–Kier alpha value is -0.860. The number of rotatable bonds is 2. The van der Waals surface area contributed by atoms with Crippen molar-refractivity contribution in [2.24, 2.45) is 0 Å². The number of hydrogen-bond acceptors (Lipinski definition) is 2. The van der Waals surface area contributed by atoms with E-state index in [-0.39, 0.29) is 0 Å². The molecule has 0 saturated heterocycles. The predicted molar refractivity (Wildman–Crippen MR) is 111 cm³/mol. The van der Waals surface area contributed by atoms with E-state index < -0.39 is 0 Å². The van der Waals surface area contributed by atoms with E-state index in [9.17, 15) is 0 Å². The zero-order valence-corrected chi connectivity index (χ0v) is 16.5. The van der Waals surface area contributed by atoms with E-state index in [1.54, 1.807) is 0 Å². The molecule has 0 unspecified atom stereocenters. The summed E-state index contributed by atoms with van der Waals surface area (Å²) in [6.07, 6.45) is 2.46. The summed E-state index contributed by atoms with van der Waals surface area (Å²) in [5, 5.41) is 0. The maximum absolute atomic E-state index is 2.36. The van der Waals surface area contributed by atoms with Gasteiger partial charge in [-0.1, -0.05) is 62.4 Å². The fourth-order valence-electron chi connectivity index (χ4n) is 3.31. The van der Waals surface area contributed by atoms with Crippen molar-refractivity contribution in [1.29, 1.82) is 0 Å². The molecule has 0 aliphatic carbocycles. The van der Waals surface area contributed by atoms with Crippen LogP contribution >= 0.6 is 23.5 Å². The lowest BCUT2D eigenvalue weighted by Gasteiger charge is -2.20. The maximum atomic E-state index is 2.36. The van der Waals surface area contributed by atoms with Crippen molar-refractivity contribution in [3.8, 4) is 0 Å². The van der Waals surface area contributed by atoms with Gasteiger partial charge in [-0.25, -0.2) is 0 Å². The predicted octanol–water partition coefficient (Wildman–Crippen LogP) is 6.85. The van der Waals surface area contributed by atoms with E-state index >= 15 is 0 Å². The quantitative estimate of drug-likeness (QED) is 0.577. The first-order valence-corrected chi connectivity index (χ1v) is 11.4. The van der Waals surface area contributed by atoms with Crippen LogP contribution in [0.1, 0.15) is 60.8 Å². The molecule has 0 nitrogen and oxygen atoms in total. The fraction of sp³-hybridized carbons (Fsp3) is 0.455. The van der Waals surface area contributed by atoms with Gasteiger partial charge in [0.25, 0.3) is 0 Å². The minimum absolute atomic E-state index is 0.685. The van der Waals surface area contributed by atoms with Gasteiger partial charge in [-0.3, -0.25) is 0 Å². The molecule has 0 fully saturated rings. The smallest absolute Gasteiger partial charge is 0.0187 e. The monoisotopic (exact) mass is 356 g/mol. The number of thioether (sulfide) groups is 2. The summed E-state index contributed by atoms with van der Waals surface area (Å²) in [7, 11) is 0. The topological polar surface area (TPSA) is 0 Å². The van der Waals surface area contributed by atoms with Gasteiger partial charge in [-0.2, -0.15) is 23.5 Å². The third-order valence-electron chi connectivity index (χ3n) is 5.06. The van der Waals surface area contributed by atoms with E-state index in [0.29, 0.717) is 11.8 Å². The van der Waals surface area contributed by atoms with Crippen LogP contribution in [-0.4, -0.2) is 11.5 Å². The van der Waals surface area contributed by atoms with Crippen molar-refractivity contribution in [3.63, 3.8) is 0 Å². The van der Waals surface area contributed by atoms with Gasteiger partial charge in [-0.15, -0.1) is 0 Å². The molecule has 4 aliphatic rings. The summed E-state index contributed by atoms with van der Waals surface area (Å²) < 4.78 is 0. The SMILES string of the molecule is CC[C@@H]1CSC[C@H](CC)c2ccc(cc2)CSCc2ccc1cc2. The molecular weight excluding hydrogens is 328 g/mol. The van der Waals surface area contributed by atoms with Gasteiger partial charge in [0, 0.05) is 23.0 Å². The van der Waals surface area contributed by atoms with Crippen LogP contribution in [0.15, 0.2) is 48.5 Å². The second-order valence-corrected chi connectivity index (χ2v) is 8.78. The first-order valence-electron chi connectivity index (χ1n) is 9.13. The Balaban J connectivity index is 1.82. The first-order chi connectivity index (χ1) is 11.8. The molecule has 24 heavy (non-hydrogen) atoms. The molecule has 0 amide bonds. The summed E-state index contributed by atoms with van der Waals surface area (Å²) in [5.74, 6) is 6.04. The second-order valence-electron chi connectivity index (χ2n) is 6.72. The number of benzene rings is 2. The number of hydrogen-bond donors (Lipinski definition) is 0. The standard InChI is InChI=1S/C22H28S2/c1-3-19-15-24-16-20(4-2)22-11-7-18(8-12-22)14-23-13-17-5-9-21(19)10-6-17/h5-12,19-20H,3-4,13-16H2,1-2H3/t19-,20+. The maximum Gasteiger partial charge on any atom is 0.0187 e. The van der Waals surface area contributed by atoms with Crippen LogP contribution in [-0.2, 0) is 11.5 Å². The van der Waals surface area contributed by atoms with Crippen molar-refractivity contribution in [1.82, 2.24) is 0 Å². The van der Waals surface area contributed by atoms with Crippen LogP contribution in [0.4, 0.5) is 0 Å². The van der Waals surface area contributed by atoms with Crippen LogP contribution in [0.3, 0.4) is 0 Å². The molecule has 0 aromatic heterocycles. The van der Waals surface area contributed by atoms with Crippen molar-refractivity contribution in [3.05, 3.63) is 70.8 Å². The molecule has 0 radical (unpaired) electrons. The van der Waals surface area contributed by atoms with E-state index in [1.165, 1.54) is 46.6 Å². The van der Waals surface area contributed by atoms with Crippen LogP contribution in [0, 0.1) is 0 Å². The Bertz CT molecular complexity index is 560. The average Bonchev–Trinajstić information content (AvgIpc) is 2.63. The van der Waals surface area contributed by atoms with Crippen molar-refractivity contribution in [2.75, 3.05) is 11.5 Å². The largest absolute Gasteiger partial charge is 0.161 e. The van der Waals surface area contributed by atoms with E-state index in [0.717, 1.165) is 11.5 Å². The summed E-state index contributed by atoms with van der Waals surface area (Å²) in [5.41, 5.74) is 5.92. The Kier molecular flexibility index (Phi) is 6.74. The van der Waals surface area contributed by atoms with E-state index in [1.807, 2.05) is 11.8 Å². The molecule has 6 rings (SSSR count). The molecule has 4 heterocycles. The molecule has 0 N–H and O–H groups in total. The molecule has 2 heteroatoms. The van der Waals surface area contributed by atoms with Gasteiger partial charge in [0.15, 0.2) is 0 Å². The minimum Gasteiger partial charge on any atom is -0.161 e. The van der Waals surface area contributed by atoms with Crippen LogP contribution in [0.5, 0.6) is 0 Å². The third kappa shape index (κ3) is 4.61. The van der Waals surface area contributed by atoms with Gasteiger partial charge in [0.1, 0.15) is 0 Å². The minimum atomic E-state index is 0.685. The zero-order valence-electron chi connectivity index (χ0n) is 14.8. The molecule has 4 bridgehead atoms. The lowest BCUT2D eigenvalue weighted by molar-refractivity contribution is 0.728. The Morgan fingerprint density at radius 2 is 1.08 bits per heavy atom. The Labute approximate surface area is 155 Å². The van der Waals surface area contributed by atoms with Crippen molar-refractivity contribution < 1.29 is 0 Å². The van der Waals surface area contributed by atoms with Crippen LogP contribution in [0.2, 0.25) is 0 Å². The summed E-state index contributed by atoms with van der Waals surface area (Å²) in [6, 6.07) is 18.8. The highest BCUT2D eigenvalue weighted by atomic mass is 32.2. The molecule has 2 atom stereocenters. The van der Waals surface area contributed by atoms with E-state index in [4.69, 9.17) is 0 Å². The van der Waals surface area contributed by atoms with Gasteiger partial charge in [0.05, 0.1) is 0 Å². The van der Waals surface area contributed by atoms with Gasteiger partial charge in [0.2, 0.25) is 0 Å². The molecule has 0 saturated carbocycles. The van der Waals surface area contributed by atoms with Gasteiger partial charge < -0.3 is 0 Å². The highest BCUT2D eigenvalue weighted by Gasteiger charge is 2.14. The Morgan fingerprint density at radius 1 is 0.667 bits per heavy atom. The average molecular weight is 357 g/mol. The molecule has 128 valence electrons. The first kappa shape index (κ1) is 17.9. The van der Waals surface area contributed by atoms with Crippen molar-refractivity contribution in [2.45, 2.75) is 50.0 Å². The molecular formula is C22H28S2. The molecule has 2 aromatic carbocycles. The lowest BCUT2D eigenvalue weighted by atomic mass is 9.97. The highest BCUT2D eigenvalue weighted by molar-refractivity contribution is 7.99. The highest BCUT2D eigenvalue weighted by Crippen LogP contribution is 2.31. The van der Waals surface area contributed by atoms with Gasteiger partial charge in [-0.05, 0) is 46.9 Å². The molecule has 2 aromatic rings. The van der Waals surface area contributed by atoms with Crippen LogP contribution < -0.4 is 0 Å². The fourth-order valence-corrected chi connectivity index (χ4v) is 5.83. The summed E-state index contributed by atoms with van der Waals surface area (Å²) in [6.45, 7) is 4.65. The summed E-state index contributed by atoms with van der Waals surface area (Å²) >= 11 is 4.15. The van der Waals surface area contributed by atoms with E-state index in [2.05, 4.69) is 74.1 Å². The third-order valence-corrected chi connectivity index (χ3v) is 7.41. The molecule has 4 aliphatic heterocycles. The van der Waals surface area contributed by atoms with Gasteiger partial charge >= 0.3 is 0 Å². The van der Waals surface area contributed by atoms with Crippen LogP contribution in [0.25, 0.3) is 0 Å². The summed E-state index contributed by atoms with van der Waals surface area (Å²) in [4.78, 5) is 0. The lowest BCUT2D eigenvalue weighted by Crippen LogP contribution is -2.06. The second kappa shape index (κ2) is 9.01.